The minimum Gasteiger partial charge on any atom is -0.103 e. The van der Waals surface area contributed by atoms with E-state index in [1.54, 1.807) is 0 Å². The number of hydrogen-bond donors (Lipinski definition) is 0. The molecule has 0 aliphatic rings. The van der Waals surface area contributed by atoms with Crippen LogP contribution in [0.4, 0.5) is 0 Å². The maximum absolute atomic E-state index is 3.95. The topological polar surface area (TPSA) is 0 Å². The highest BCUT2D eigenvalue weighted by atomic mass is 14.4. The van der Waals surface area contributed by atoms with Gasteiger partial charge >= 0.3 is 0 Å². The highest BCUT2D eigenvalue weighted by Gasteiger charge is 2.31. The predicted molar refractivity (Wildman–Crippen MR) is 122 cm³/mol. The first-order valence-electron chi connectivity index (χ1n) is 11.0. The Hall–Kier alpha value is -1.04. The maximum Gasteiger partial charge on any atom is -0.0257 e. The molecule has 0 saturated carbocycles. The lowest BCUT2D eigenvalue weighted by Gasteiger charge is -2.38. The fourth-order valence-corrected chi connectivity index (χ4v) is 4.51. The van der Waals surface area contributed by atoms with Gasteiger partial charge in [-0.2, -0.15) is 0 Å². The molecule has 0 amide bonds. The summed E-state index contributed by atoms with van der Waals surface area (Å²) in [5, 5.41) is 0. The van der Waals surface area contributed by atoms with Crippen molar-refractivity contribution in [2.75, 3.05) is 0 Å². The third kappa shape index (κ3) is 12.3. The van der Waals surface area contributed by atoms with Crippen molar-refractivity contribution in [2.24, 2.45) is 17.3 Å². The van der Waals surface area contributed by atoms with Crippen molar-refractivity contribution in [1.29, 1.82) is 0 Å². The van der Waals surface area contributed by atoms with Crippen molar-refractivity contribution in [1.82, 2.24) is 0 Å². The second-order valence-corrected chi connectivity index (χ2v) is 8.45. The lowest BCUT2D eigenvalue weighted by atomic mass is 9.67. The lowest BCUT2D eigenvalue weighted by molar-refractivity contribution is 0.146. The zero-order valence-electron chi connectivity index (χ0n) is 18.1. The van der Waals surface area contributed by atoms with Crippen LogP contribution in [0.3, 0.4) is 0 Å². The molecule has 0 N–H and O–H groups in total. The Bertz CT molecular complexity index is 389. The van der Waals surface area contributed by atoms with E-state index >= 15 is 0 Å². The molecule has 3 atom stereocenters. The second-order valence-electron chi connectivity index (χ2n) is 8.45. The van der Waals surface area contributed by atoms with E-state index in [0.29, 0.717) is 11.3 Å². The van der Waals surface area contributed by atoms with E-state index in [0.717, 1.165) is 25.2 Å². The molecule has 0 aromatic rings. The van der Waals surface area contributed by atoms with Crippen molar-refractivity contribution >= 4 is 0 Å². The molecule has 0 aromatic heterocycles. The molecule has 0 spiro atoms. The summed E-state index contributed by atoms with van der Waals surface area (Å²) < 4.78 is 0. The molecule has 0 radical (unpaired) electrons. The maximum atomic E-state index is 3.95. The van der Waals surface area contributed by atoms with Gasteiger partial charge in [-0.3, -0.25) is 0 Å². The van der Waals surface area contributed by atoms with E-state index in [1.807, 2.05) is 6.08 Å². The minimum atomic E-state index is 0.479. The summed E-state index contributed by atoms with van der Waals surface area (Å²) in [6, 6.07) is 0. The summed E-state index contributed by atoms with van der Waals surface area (Å²) in [6.45, 7) is 18.8. The van der Waals surface area contributed by atoms with Gasteiger partial charge in [0, 0.05) is 0 Å². The summed E-state index contributed by atoms with van der Waals surface area (Å²) in [4.78, 5) is 0. The Morgan fingerprint density at radius 2 is 1.46 bits per heavy atom. The van der Waals surface area contributed by atoms with Gasteiger partial charge in [0.1, 0.15) is 0 Å². The first kappa shape index (κ1) is 25.0. The second kappa shape index (κ2) is 16.2. The van der Waals surface area contributed by atoms with E-state index in [4.69, 9.17) is 0 Å². The number of rotatable bonds is 18. The van der Waals surface area contributed by atoms with E-state index in [-0.39, 0.29) is 0 Å². The fourth-order valence-electron chi connectivity index (χ4n) is 4.51. The van der Waals surface area contributed by atoms with Crippen LogP contribution >= 0.6 is 0 Å². The molecule has 0 aliphatic carbocycles. The monoisotopic (exact) mass is 358 g/mol. The fraction of sp³-hybridized carbons (Fsp3) is 0.692. The number of hydrogen-bond acceptors (Lipinski definition) is 0. The molecule has 0 aliphatic heterocycles. The average Bonchev–Trinajstić information content (AvgIpc) is 2.58. The van der Waals surface area contributed by atoms with Gasteiger partial charge in [-0.25, -0.2) is 0 Å². The van der Waals surface area contributed by atoms with Crippen LogP contribution in [0.25, 0.3) is 0 Å². The summed E-state index contributed by atoms with van der Waals surface area (Å²) in [5.41, 5.74) is 0.479. The van der Waals surface area contributed by atoms with E-state index < -0.39 is 0 Å². The molecule has 0 saturated heterocycles. The first-order chi connectivity index (χ1) is 12.5. The largest absolute Gasteiger partial charge is 0.103 e. The van der Waals surface area contributed by atoms with Crippen molar-refractivity contribution in [3.63, 3.8) is 0 Å². The molecule has 0 aromatic carbocycles. The van der Waals surface area contributed by atoms with Gasteiger partial charge in [-0.15, -0.1) is 19.7 Å². The molecule has 0 heteroatoms. The zero-order valence-corrected chi connectivity index (χ0v) is 18.1. The van der Waals surface area contributed by atoms with Gasteiger partial charge in [0.2, 0.25) is 0 Å². The molecule has 3 unspecified atom stereocenters. The van der Waals surface area contributed by atoms with Crippen molar-refractivity contribution in [3.8, 4) is 0 Å². The van der Waals surface area contributed by atoms with E-state index in [9.17, 15) is 0 Å². The Morgan fingerprint density at radius 1 is 0.808 bits per heavy atom. The third-order valence-corrected chi connectivity index (χ3v) is 5.49. The molecule has 26 heavy (non-hydrogen) atoms. The number of unbranched alkanes of at least 4 members (excludes halogenated alkanes) is 4. The minimum absolute atomic E-state index is 0.479. The van der Waals surface area contributed by atoms with Crippen molar-refractivity contribution in [2.45, 2.75) is 97.8 Å². The Kier molecular flexibility index (Phi) is 15.5. The van der Waals surface area contributed by atoms with Crippen LogP contribution in [-0.4, -0.2) is 0 Å². The van der Waals surface area contributed by atoms with Crippen LogP contribution in [0.15, 0.2) is 50.1 Å². The van der Waals surface area contributed by atoms with Crippen molar-refractivity contribution in [3.05, 3.63) is 50.1 Å². The van der Waals surface area contributed by atoms with Crippen LogP contribution in [0.5, 0.6) is 0 Å². The summed E-state index contributed by atoms with van der Waals surface area (Å²) in [6.07, 6.45) is 26.2. The van der Waals surface area contributed by atoms with Gasteiger partial charge in [0.15, 0.2) is 0 Å². The quantitative estimate of drug-likeness (QED) is 0.169. The Morgan fingerprint density at radius 3 is 2.08 bits per heavy atom. The van der Waals surface area contributed by atoms with E-state index in [2.05, 4.69) is 64.8 Å². The van der Waals surface area contributed by atoms with Crippen LogP contribution in [0.2, 0.25) is 0 Å². The van der Waals surface area contributed by atoms with Crippen LogP contribution < -0.4 is 0 Å². The Balaban J connectivity index is 4.85. The number of allylic oxidation sites excluding steroid dienone is 5. The predicted octanol–water partition coefficient (Wildman–Crippen LogP) is 9.06. The zero-order chi connectivity index (χ0) is 19.7. The molecule has 0 nitrogen and oxygen atoms in total. The third-order valence-electron chi connectivity index (χ3n) is 5.49. The summed E-state index contributed by atoms with van der Waals surface area (Å²) in [5.74, 6) is 1.40. The summed E-state index contributed by atoms with van der Waals surface area (Å²) >= 11 is 0. The highest BCUT2D eigenvalue weighted by Crippen LogP contribution is 2.43. The smallest absolute Gasteiger partial charge is 0.0257 e. The van der Waals surface area contributed by atoms with Crippen molar-refractivity contribution < 1.29 is 0 Å². The van der Waals surface area contributed by atoms with Gasteiger partial charge < -0.3 is 0 Å². The van der Waals surface area contributed by atoms with E-state index in [1.165, 1.54) is 57.8 Å². The molecule has 0 heterocycles. The molecule has 0 rings (SSSR count). The lowest BCUT2D eigenvalue weighted by Crippen LogP contribution is -2.26. The van der Waals surface area contributed by atoms with Crippen LogP contribution in [-0.2, 0) is 0 Å². The van der Waals surface area contributed by atoms with Gasteiger partial charge in [-0.1, -0.05) is 57.6 Å². The normalized spacial score (nSPS) is 16.1. The first-order valence-corrected chi connectivity index (χ1v) is 11.0. The van der Waals surface area contributed by atoms with Gasteiger partial charge in [-0.05, 0) is 87.9 Å². The molecule has 0 fully saturated rings. The van der Waals surface area contributed by atoms with Crippen LogP contribution in [0.1, 0.15) is 97.8 Å². The average molecular weight is 359 g/mol. The van der Waals surface area contributed by atoms with Gasteiger partial charge in [0.25, 0.3) is 0 Å². The van der Waals surface area contributed by atoms with Crippen LogP contribution in [0, 0.1) is 17.3 Å². The SMILES string of the molecule is C=CCCCCC=CC(C)CC(CCC)(CCCC=C)CC(C)CC=C. The highest BCUT2D eigenvalue weighted by molar-refractivity contribution is 4.93. The molecule has 150 valence electrons. The molecule has 0 bridgehead atoms. The Labute approximate surface area is 165 Å². The summed E-state index contributed by atoms with van der Waals surface area (Å²) in [7, 11) is 0. The molecular weight excluding hydrogens is 312 g/mol. The molecular formula is C26H46. The standard InChI is InChI=1S/C26H46/c1-7-11-13-14-15-16-19-25(6)23-26(20-10-4,21-17-12-8-2)22-24(5)18-9-3/h7-9,16,19,24-25H,1-3,10-15,17-18,20-23H2,4-6H3. The van der Waals surface area contributed by atoms with Gasteiger partial charge in [0.05, 0.1) is 0 Å².